The van der Waals surface area contributed by atoms with Crippen molar-refractivity contribution in [2.75, 3.05) is 17.4 Å². The zero-order valence-electron chi connectivity index (χ0n) is 23.0. The van der Waals surface area contributed by atoms with Gasteiger partial charge in [-0.25, -0.2) is 12.8 Å². The molecule has 0 radical (unpaired) electrons. The second kappa shape index (κ2) is 14.1. The predicted molar refractivity (Wildman–Crippen MR) is 162 cm³/mol. The molecule has 4 aromatic rings. The van der Waals surface area contributed by atoms with Gasteiger partial charge in [-0.2, -0.15) is 0 Å². The first kappa shape index (κ1) is 30.7. The van der Waals surface area contributed by atoms with Gasteiger partial charge in [-0.15, -0.1) is 0 Å². The highest BCUT2D eigenvalue weighted by Crippen LogP contribution is 2.26. The van der Waals surface area contributed by atoms with E-state index in [1.807, 2.05) is 30.3 Å². The van der Waals surface area contributed by atoms with E-state index in [1.54, 1.807) is 49.4 Å². The fraction of sp³-hybridized carbons (Fsp3) is 0.188. The van der Waals surface area contributed by atoms with Crippen LogP contribution in [0.3, 0.4) is 0 Å². The SMILES string of the molecule is CCNC(=O)[C@@H](Cc1ccccc1)N(Cc1ccccc1Cl)C(=O)CN(c1ccc(F)cc1)S(=O)(=O)c1ccccc1. The highest BCUT2D eigenvalue weighted by atomic mass is 35.5. The lowest BCUT2D eigenvalue weighted by Gasteiger charge is -2.34. The van der Waals surface area contributed by atoms with Gasteiger partial charge in [0.05, 0.1) is 10.6 Å². The van der Waals surface area contributed by atoms with Crippen LogP contribution >= 0.6 is 11.6 Å². The lowest BCUT2D eigenvalue weighted by atomic mass is 10.0. The Bertz CT molecular complexity index is 1600. The van der Waals surface area contributed by atoms with E-state index >= 15 is 0 Å². The van der Waals surface area contributed by atoms with Crippen LogP contribution in [0.4, 0.5) is 10.1 Å². The van der Waals surface area contributed by atoms with Crippen LogP contribution in [0.5, 0.6) is 0 Å². The average molecular weight is 608 g/mol. The molecule has 0 unspecified atom stereocenters. The number of likely N-dealkylation sites (N-methyl/N-ethyl adjacent to an activating group) is 1. The summed E-state index contributed by atoms with van der Waals surface area (Å²) in [7, 11) is -4.25. The molecule has 0 bridgehead atoms. The molecule has 0 aromatic heterocycles. The number of hydrogen-bond acceptors (Lipinski definition) is 4. The summed E-state index contributed by atoms with van der Waals surface area (Å²) in [5, 5.41) is 3.21. The van der Waals surface area contributed by atoms with Crippen molar-refractivity contribution in [3.8, 4) is 0 Å². The van der Waals surface area contributed by atoms with E-state index in [0.29, 0.717) is 17.1 Å². The van der Waals surface area contributed by atoms with E-state index in [0.717, 1.165) is 22.0 Å². The van der Waals surface area contributed by atoms with Crippen molar-refractivity contribution >= 4 is 39.1 Å². The van der Waals surface area contributed by atoms with Crippen LogP contribution in [0.15, 0.2) is 114 Å². The Labute approximate surface area is 250 Å². The highest BCUT2D eigenvalue weighted by molar-refractivity contribution is 7.92. The zero-order valence-corrected chi connectivity index (χ0v) is 24.6. The van der Waals surface area contributed by atoms with Crippen LogP contribution in [-0.4, -0.2) is 44.3 Å². The van der Waals surface area contributed by atoms with Crippen molar-refractivity contribution in [1.29, 1.82) is 0 Å². The quantitative estimate of drug-likeness (QED) is 0.232. The summed E-state index contributed by atoms with van der Waals surface area (Å²) in [6.07, 6.45) is 0.185. The van der Waals surface area contributed by atoms with E-state index in [1.165, 1.54) is 29.2 Å². The fourth-order valence-corrected chi connectivity index (χ4v) is 6.14. The third-order valence-corrected chi connectivity index (χ3v) is 8.80. The summed E-state index contributed by atoms with van der Waals surface area (Å²) in [5.41, 5.74) is 1.51. The molecular formula is C32H31ClFN3O4S. The number of nitrogens with one attached hydrogen (secondary N) is 1. The molecule has 42 heavy (non-hydrogen) atoms. The van der Waals surface area contributed by atoms with Crippen LogP contribution in [0.1, 0.15) is 18.1 Å². The van der Waals surface area contributed by atoms with Crippen molar-refractivity contribution < 1.29 is 22.4 Å². The first-order valence-electron chi connectivity index (χ1n) is 13.4. The van der Waals surface area contributed by atoms with Gasteiger partial charge in [0.1, 0.15) is 18.4 Å². The van der Waals surface area contributed by atoms with Crippen LogP contribution in [0.2, 0.25) is 5.02 Å². The summed E-state index contributed by atoms with van der Waals surface area (Å²) in [6, 6.07) is 27.7. The Kier molecular flexibility index (Phi) is 10.3. The first-order valence-corrected chi connectivity index (χ1v) is 15.2. The molecule has 0 fully saturated rings. The van der Waals surface area contributed by atoms with E-state index in [4.69, 9.17) is 11.6 Å². The maximum Gasteiger partial charge on any atom is 0.264 e. The maximum absolute atomic E-state index is 14.3. The van der Waals surface area contributed by atoms with Crippen LogP contribution < -0.4 is 9.62 Å². The molecule has 0 spiro atoms. The van der Waals surface area contributed by atoms with Crippen molar-refractivity contribution in [3.63, 3.8) is 0 Å². The van der Waals surface area contributed by atoms with Gasteiger partial charge in [-0.3, -0.25) is 13.9 Å². The minimum absolute atomic E-state index is 0.0376. The van der Waals surface area contributed by atoms with Crippen molar-refractivity contribution in [1.82, 2.24) is 10.2 Å². The van der Waals surface area contributed by atoms with Crippen molar-refractivity contribution in [2.45, 2.75) is 30.8 Å². The third kappa shape index (κ3) is 7.54. The first-order chi connectivity index (χ1) is 20.2. The molecule has 0 heterocycles. The Morgan fingerprint density at radius 3 is 2.07 bits per heavy atom. The standard InChI is InChI=1S/C32H31ClFN3O4S/c1-2-35-32(39)30(21-24-11-5-3-6-12-24)36(22-25-13-9-10-16-29(25)33)31(38)23-37(27-19-17-26(34)18-20-27)42(40,41)28-14-7-4-8-15-28/h3-20,30H,2,21-23H2,1H3,(H,35,39)/t30-/m1/s1. The number of sulfonamides is 1. The monoisotopic (exact) mass is 607 g/mol. The molecule has 0 aliphatic heterocycles. The highest BCUT2D eigenvalue weighted by Gasteiger charge is 2.34. The number of halogens is 2. The number of carbonyl (C=O) groups excluding carboxylic acids is 2. The molecule has 2 amide bonds. The van der Waals surface area contributed by atoms with Crippen molar-refractivity contribution in [3.05, 3.63) is 131 Å². The molecule has 1 N–H and O–H groups in total. The van der Waals surface area contributed by atoms with E-state index in [2.05, 4.69) is 5.32 Å². The molecule has 7 nitrogen and oxygen atoms in total. The van der Waals surface area contributed by atoms with Gasteiger partial charge < -0.3 is 10.2 Å². The number of nitrogens with zero attached hydrogens (tertiary/aromatic N) is 2. The number of carbonyl (C=O) groups is 2. The summed E-state index contributed by atoms with van der Waals surface area (Å²) in [6.45, 7) is 1.43. The number of amides is 2. The average Bonchev–Trinajstić information content (AvgIpc) is 3.00. The van der Waals surface area contributed by atoms with Crippen LogP contribution in [0.25, 0.3) is 0 Å². The van der Waals surface area contributed by atoms with Gasteiger partial charge >= 0.3 is 0 Å². The molecular weight excluding hydrogens is 577 g/mol. The number of benzene rings is 4. The molecule has 10 heteroatoms. The van der Waals surface area contributed by atoms with E-state index in [9.17, 15) is 22.4 Å². The van der Waals surface area contributed by atoms with Crippen LogP contribution in [-0.2, 0) is 32.6 Å². The summed E-state index contributed by atoms with van der Waals surface area (Å²) >= 11 is 6.47. The molecule has 4 aromatic carbocycles. The number of anilines is 1. The van der Waals surface area contributed by atoms with Gasteiger partial charge in [-0.1, -0.05) is 78.3 Å². The minimum atomic E-state index is -4.25. The smallest absolute Gasteiger partial charge is 0.264 e. The molecule has 0 aliphatic carbocycles. The number of hydrogen-bond donors (Lipinski definition) is 1. The number of rotatable bonds is 12. The lowest BCUT2D eigenvalue weighted by molar-refractivity contribution is -0.140. The summed E-state index contributed by atoms with van der Waals surface area (Å²) in [5.74, 6) is -1.58. The van der Waals surface area contributed by atoms with Gasteiger partial charge in [0.25, 0.3) is 10.0 Å². The lowest BCUT2D eigenvalue weighted by Crippen LogP contribution is -2.53. The minimum Gasteiger partial charge on any atom is -0.355 e. The van der Waals surface area contributed by atoms with Gasteiger partial charge in [0.2, 0.25) is 11.8 Å². The van der Waals surface area contributed by atoms with E-state index in [-0.39, 0.29) is 29.5 Å². The second-order valence-electron chi connectivity index (χ2n) is 9.51. The van der Waals surface area contributed by atoms with Gasteiger partial charge in [0, 0.05) is 24.5 Å². The summed E-state index contributed by atoms with van der Waals surface area (Å²) < 4.78 is 42.4. The predicted octanol–water partition coefficient (Wildman–Crippen LogP) is 5.45. The molecule has 0 saturated heterocycles. The second-order valence-corrected chi connectivity index (χ2v) is 11.8. The largest absolute Gasteiger partial charge is 0.355 e. The van der Waals surface area contributed by atoms with E-state index < -0.39 is 34.3 Å². The van der Waals surface area contributed by atoms with Gasteiger partial charge in [0.15, 0.2) is 0 Å². The van der Waals surface area contributed by atoms with Crippen molar-refractivity contribution in [2.24, 2.45) is 0 Å². The third-order valence-electron chi connectivity index (χ3n) is 6.65. The molecule has 4 rings (SSSR count). The maximum atomic E-state index is 14.3. The molecule has 0 aliphatic rings. The fourth-order valence-electron chi connectivity index (χ4n) is 4.51. The zero-order chi connectivity index (χ0) is 30.1. The Morgan fingerprint density at radius 2 is 1.45 bits per heavy atom. The molecule has 218 valence electrons. The Morgan fingerprint density at radius 1 is 0.857 bits per heavy atom. The Balaban J connectivity index is 1.79. The topological polar surface area (TPSA) is 86.8 Å². The molecule has 1 atom stereocenters. The normalized spacial score (nSPS) is 11.9. The van der Waals surface area contributed by atoms with Gasteiger partial charge in [-0.05, 0) is 60.5 Å². The summed E-state index contributed by atoms with van der Waals surface area (Å²) in [4.78, 5) is 29.0. The molecule has 0 saturated carbocycles. The van der Waals surface area contributed by atoms with Crippen LogP contribution in [0, 0.1) is 5.82 Å². The Hall–Kier alpha value is -4.21.